The number of fused-ring (bicyclic) bond motifs is 1. The number of aromatic hydroxyl groups is 1. The summed E-state index contributed by atoms with van der Waals surface area (Å²) >= 11 is 1.15. The fraction of sp³-hybridized carbons (Fsp3) is 0.0833. The van der Waals surface area contributed by atoms with Crippen LogP contribution >= 0.6 is 11.8 Å². The van der Waals surface area contributed by atoms with E-state index in [0.717, 1.165) is 11.8 Å². The summed E-state index contributed by atoms with van der Waals surface area (Å²) in [5.41, 5.74) is 4.14. The van der Waals surface area contributed by atoms with E-state index in [2.05, 4.69) is 15.5 Å². The van der Waals surface area contributed by atoms with Gasteiger partial charge in [0.05, 0.1) is 35.7 Å². The van der Waals surface area contributed by atoms with Gasteiger partial charge in [-0.3, -0.25) is 14.2 Å². The first-order valence-corrected chi connectivity index (χ1v) is 10.9. The molecule has 8 nitrogen and oxygen atoms in total. The molecule has 1 aromatic heterocycles. The van der Waals surface area contributed by atoms with Crippen LogP contribution in [0.5, 0.6) is 11.5 Å². The number of nitrogens with zero attached hydrogens (tertiary/aromatic N) is 3. The number of hydrogen-bond donors (Lipinski definition) is 2. The van der Waals surface area contributed by atoms with E-state index < -0.39 is 0 Å². The van der Waals surface area contributed by atoms with Crippen LogP contribution in [0.1, 0.15) is 5.56 Å². The van der Waals surface area contributed by atoms with E-state index in [9.17, 15) is 14.7 Å². The second-order valence-electron chi connectivity index (χ2n) is 6.90. The number of benzene rings is 3. The van der Waals surface area contributed by atoms with Crippen molar-refractivity contribution in [3.05, 3.63) is 88.7 Å². The molecule has 166 valence electrons. The smallest absolute Gasteiger partial charge is 0.266 e. The topological polar surface area (TPSA) is 106 Å². The molecule has 0 unspecified atom stereocenters. The lowest BCUT2D eigenvalue weighted by Crippen LogP contribution is -2.24. The van der Waals surface area contributed by atoms with Crippen LogP contribution in [0, 0.1) is 0 Å². The van der Waals surface area contributed by atoms with Crippen LogP contribution in [0.15, 0.2) is 87.8 Å². The molecular formula is C24H20N4O4S. The predicted octanol–water partition coefficient (Wildman–Crippen LogP) is 3.34. The van der Waals surface area contributed by atoms with Crippen molar-refractivity contribution in [1.82, 2.24) is 15.0 Å². The van der Waals surface area contributed by atoms with Crippen molar-refractivity contribution in [1.29, 1.82) is 0 Å². The van der Waals surface area contributed by atoms with Crippen molar-refractivity contribution in [2.45, 2.75) is 5.16 Å². The van der Waals surface area contributed by atoms with Crippen molar-refractivity contribution < 1.29 is 14.6 Å². The van der Waals surface area contributed by atoms with Gasteiger partial charge in [0.2, 0.25) is 0 Å². The average molecular weight is 461 g/mol. The Morgan fingerprint density at radius 2 is 1.91 bits per heavy atom. The van der Waals surface area contributed by atoms with E-state index >= 15 is 0 Å². The Morgan fingerprint density at radius 3 is 2.70 bits per heavy atom. The molecule has 1 amide bonds. The first-order chi connectivity index (χ1) is 16.1. The van der Waals surface area contributed by atoms with E-state index in [1.165, 1.54) is 24.0 Å². The lowest BCUT2D eigenvalue weighted by molar-refractivity contribution is -0.118. The van der Waals surface area contributed by atoms with E-state index in [1.54, 1.807) is 30.3 Å². The number of aromatic nitrogens is 2. The Labute approximate surface area is 193 Å². The number of amides is 1. The molecule has 0 aliphatic heterocycles. The highest BCUT2D eigenvalue weighted by Gasteiger charge is 2.14. The number of carbonyl (C=O) groups excluding carboxylic acids is 1. The largest absolute Gasteiger partial charge is 0.504 e. The number of phenolic OH excluding ortho intramolecular Hbond substituents is 1. The molecule has 2 N–H and O–H groups in total. The highest BCUT2D eigenvalue weighted by molar-refractivity contribution is 7.99. The quantitative estimate of drug-likeness (QED) is 0.190. The van der Waals surface area contributed by atoms with Crippen molar-refractivity contribution in [2.75, 3.05) is 12.9 Å². The molecule has 0 fully saturated rings. The van der Waals surface area contributed by atoms with E-state index in [0.29, 0.717) is 33.1 Å². The minimum Gasteiger partial charge on any atom is -0.504 e. The first-order valence-electron chi connectivity index (χ1n) is 9.96. The zero-order valence-electron chi connectivity index (χ0n) is 17.6. The summed E-state index contributed by atoms with van der Waals surface area (Å²) in [5.74, 6) is -0.0260. The molecule has 0 bridgehead atoms. The minimum absolute atomic E-state index is 0.00779. The van der Waals surface area contributed by atoms with Gasteiger partial charge < -0.3 is 9.84 Å². The highest BCUT2D eigenvalue weighted by Crippen LogP contribution is 2.25. The molecule has 4 rings (SSSR count). The van der Waals surface area contributed by atoms with Gasteiger partial charge in [-0.1, -0.05) is 42.1 Å². The molecule has 0 saturated heterocycles. The monoisotopic (exact) mass is 460 g/mol. The molecule has 4 aromatic rings. The highest BCUT2D eigenvalue weighted by atomic mass is 32.2. The van der Waals surface area contributed by atoms with Gasteiger partial charge in [0, 0.05) is 0 Å². The summed E-state index contributed by atoms with van der Waals surface area (Å²) in [4.78, 5) is 30.1. The van der Waals surface area contributed by atoms with Gasteiger partial charge in [-0.25, -0.2) is 10.4 Å². The Balaban J connectivity index is 1.52. The van der Waals surface area contributed by atoms with Gasteiger partial charge in [0.25, 0.3) is 11.5 Å². The third-order valence-corrected chi connectivity index (χ3v) is 5.64. The molecule has 0 radical (unpaired) electrons. The van der Waals surface area contributed by atoms with Crippen molar-refractivity contribution in [2.24, 2.45) is 5.10 Å². The summed E-state index contributed by atoms with van der Waals surface area (Å²) < 4.78 is 6.56. The lowest BCUT2D eigenvalue weighted by atomic mass is 10.2. The second kappa shape index (κ2) is 10.0. The summed E-state index contributed by atoms with van der Waals surface area (Å²) in [6.07, 6.45) is 1.44. The van der Waals surface area contributed by atoms with Gasteiger partial charge in [-0.2, -0.15) is 5.10 Å². The molecule has 0 spiro atoms. The summed E-state index contributed by atoms with van der Waals surface area (Å²) in [5, 5.41) is 14.5. The molecule has 0 aliphatic carbocycles. The summed E-state index contributed by atoms with van der Waals surface area (Å²) in [6, 6.07) is 21.0. The Hall–Kier alpha value is -4.11. The number of carbonyl (C=O) groups is 1. The maximum atomic E-state index is 13.2. The number of phenols is 1. The number of hydrazone groups is 1. The molecule has 3 aromatic carbocycles. The number of hydrogen-bond acceptors (Lipinski definition) is 7. The Kier molecular flexibility index (Phi) is 6.70. The van der Waals surface area contributed by atoms with Crippen LogP contribution in [-0.2, 0) is 4.79 Å². The van der Waals surface area contributed by atoms with Crippen molar-refractivity contribution in [3.63, 3.8) is 0 Å². The van der Waals surface area contributed by atoms with Gasteiger partial charge in [0.15, 0.2) is 16.7 Å². The number of nitrogens with one attached hydrogen (secondary N) is 1. The van der Waals surface area contributed by atoms with Crippen LogP contribution in [0.25, 0.3) is 16.6 Å². The van der Waals surface area contributed by atoms with E-state index in [1.807, 2.05) is 36.4 Å². The second-order valence-corrected chi connectivity index (χ2v) is 7.84. The maximum Gasteiger partial charge on any atom is 0.266 e. The number of methoxy groups -OCH3 is 1. The van der Waals surface area contributed by atoms with Gasteiger partial charge in [0.1, 0.15) is 0 Å². The van der Waals surface area contributed by atoms with Crippen LogP contribution in [0.2, 0.25) is 0 Å². The standard InChI is InChI=1S/C24H20N4O4S/c1-32-21-13-16(11-12-20(21)29)14-25-27-22(30)15-33-24-26-19-10-6-5-9-18(19)23(31)28(24)17-7-3-2-4-8-17/h2-14,29H,15H2,1H3,(H,27,30)/b25-14+. The Morgan fingerprint density at radius 1 is 1.15 bits per heavy atom. The maximum absolute atomic E-state index is 13.2. The minimum atomic E-state index is -0.357. The zero-order valence-corrected chi connectivity index (χ0v) is 18.5. The van der Waals surface area contributed by atoms with Crippen LogP contribution < -0.4 is 15.7 Å². The lowest BCUT2D eigenvalue weighted by Gasteiger charge is -2.12. The molecule has 33 heavy (non-hydrogen) atoms. The summed E-state index contributed by atoms with van der Waals surface area (Å²) in [6.45, 7) is 0. The summed E-state index contributed by atoms with van der Waals surface area (Å²) in [7, 11) is 1.45. The predicted molar refractivity (Wildman–Crippen MR) is 128 cm³/mol. The van der Waals surface area contributed by atoms with E-state index in [4.69, 9.17) is 4.74 Å². The molecule has 0 atom stereocenters. The molecular weight excluding hydrogens is 440 g/mol. The number of para-hydroxylation sites is 2. The number of thioether (sulfide) groups is 1. The SMILES string of the molecule is COc1cc(/C=N/NC(=O)CSc2nc3ccccc3c(=O)n2-c2ccccc2)ccc1O. The van der Waals surface area contributed by atoms with Crippen molar-refractivity contribution >= 4 is 34.8 Å². The molecule has 0 aliphatic rings. The van der Waals surface area contributed by atoms with Crippen LogP contribution in [0.4, 0.5) is 0 Å². The fourth-order valence-electron chi connectivity index (χ4n) is 3.13. The van der Waals surface area contributed by atoms with E-state index in [-0.39, 0.29) is 23.0 Å². The zero-order chi connectivity index (χ0) is 23.2. The molecule has 0 saturated carbocycles. The number of rotatable bonds is 7. The van der Waals surface area contributed by atoms with Crippen molar-refractivity contribution in [3.8, 4) is 17.2 Å². The van der Waals surface area contributed by atoms with Crippen LogP contribution in [0.3, 0.4) is 0 Å². The third-order valence-electron chi connectivity index (χ3n) is 4.70. The van der Waals surface area contributed by atoms with Gasteiger partial charge >= 0.3 is 0 Å². The Bertz CT molecular complexity index is 1390. The first kappa shape index (κ1) is 22.1. The molecule has 1 heterocycles. The fourth-order valence-corrected chi connectivity index (χ4v) is 3.93. The van der Waals surface area contributed by atoms with Gasteiger partial charge in [-0.15, -0.1) is 0 Å². The average Bonchev–Trinajstić information content (AvgIpc) is 2.84. The normalized spacial score (nSPS) is 11.1. The molecule has 9 heteroatoms. The number of ether oxygens (including phenoxy) is 1. The van der Waals surface area contributed by atoms with Crippen LogP contribution in [-0.4, -0.2) is 39.6 Å². The third kappa shape index (κ3) is 5.04. The van der Waals surface area contributed by atoms with Gasteiger partial charge in [-0.05, 0) is 48.0 Å².